The smallest absolute Gasteiger partial charge is 0.191 e. The number of rotatable bonds is 5. The highest BCUT2D eigenvalue weighted by Crippen LogP contribution is 2.34. The van der Waals surface area contributed by atoms with Gasteiger partial charge in [-0.25, -0.2) is 0 Å². The lowest BCUT2D eigenvalue weighted by atomic mass is 9.96. The number of guanidine groups is 1. The van der Waals surface area contributed by atoms with Gasteiger partial charge in [-0.2, -0.15) is 11.3 Å². The average Bonchev–Trinajstić information content (AvgIpc) is 3.21. The molecule has 2 fully saturated rings. The molecule has 3 heterocycles. The van der Waals surface area contributed by atoms with Crippen molar-refractivity contribution in [2.45, 2.75) is 57.3 Å². The molecule has 0 spiro atoms. The van der Waals surface area contributed by atoms with E-state index in [1.807, 2.05) is 0 Å². The first-order valence-electron chi connectivity index (χ1n) is 7.98. The molecule has 1 aromatic heterocycles. The Balaban J connectivity index is 1.57. The predicted molar refractivity (Wildman–Crippen MR) is 88.1 cm³/mol. The summed E-state index contributed by atoms with van der Waals surface area (Å²) in [5.41, 5.74) is 1.38. The van der Waals surface area contributed by atoms with E-state index in [1.54, 1.807) is 11.3 Å². The second kappa shape index (κ2) is 6.79. The normalized spacial score (nSPS) is 29.6. The van der Waals surface area contributed by atoms with Crippen LogP contribution < -0.4 is 10.6 Å². The molecule has 4 nitrogen and oxygen atoms in total. The Morgan fingerprint density at radius 2 is 2.43 bits per heavy atom. The molecule has 0 aromatic carbocycles. The summed E-state index contributed by atoms with van der Waals surface area (Å²) in [4.78, 5) is 4.76. The maximum Gasteiger partial charge on any atom is 0.191 e. The first-order chi connectivity index (χ1) is 10.3. The van der Waals surface area contributed by atoms with E-state index in [4.69, 9.17) is 9.73 Å². The van der Waals surface area contributed by atoms with E-state index in [0.29, 0.717) is 24.2 Å². The maximum absolute atomic E-state index is 5.90. The summed E-state index contributed by atoms with van der Waals surface area (Å²) in [6, 6.07) is 2.62. The first kappa shape index (κ1) is 14.9. The van der Waals surface area contributed by atoms with Gasteiger partial charge in [0, 0.05) is 19.0 Å². The molecule has 2 N–H and O–H groups in total. The summed E-state index contributed by atoms with van der Waals surface area (Å²) in [5, 5.41) is 11.3. The Hall–Kier alpha value is -1.07. The van der Waals surface area contributed by atoms with Gasteiger partial charge in [0.2, 0.25) is 0 Å². The third-order valence-electron chi connectivity index (χ3n) is 4.41. The molecule has 4 unspecified atom stereocenters. The second-order valence-electron chi connectivity index (χ2n) is 6.04. The van der Waals surface area contributed by atoms with Crippen LogP contribution in [0.3, 0.4) is 0 Å². The highest BCUT2D eigenvalue weighted by molar-refractivity contribution is 7.07. The molecule has 5 heteroatoms. The van der Waals surface area contributed by atoms with Gasteiger partial charge in [-0.15, -0.1) is 0 Å². The van der Waals surface area contributed by atoms with Crippen LogP contribution in [0.15, 0.2) is 21.8 Å². The van der Waals surface area contributed by atoms with Crippen LogP contribution in [0.25, 0.3) is 0 Å². The van der Waals surface area contributed by atoms with Crippen molar-refractivity contribution in [3.05, 3.63) is 22.4 Å². The molecule has 4 atom stereocenters. The van der Waals surface area contributed by atoms with Crippen LogP contribution in [-0.4, -0.2) is 37.3 Å². The van der Waals surface area contributed by atoms with Crippen molar-refractivity contribution < 1.29 is 4.74 Å². The van der Waals surface area contributed by atoms with E-state index in [9.17, 15) is 0 Å². The molecule has 0 aliphatic carbocycles. The maximum atomic E-state index is 5.90. The van der Waals surface area contributed by atoms with Crippen molar-refractivity contribution in [3.8, 4) is 0 Å². The average molecular weight is 307 g/mol. The van der Waals surface area contributed by atoms with Crippen LogP contribution >= 0.6 is 11.3 Å². The molecule has 2 aliphatic heterocycles. The highest BCUT2D eigenvalue weighted by atomic mass is 32.1. The van der Waals surface area contributed by atoms with Crippen LogP contribution in [0.2, 0.25) is 0 Å². The van der Waals surface area contributed by atoms with Gasteiger partial charge in [-0.05, 0) is 48.6 Å². The Kier molecular flexibility index (Phi) is 4.80. The Bertz CT molecular complexity index is 474. The predicted octanol–water partition coefficient (Wildman–Crippen LogP) is 2.73. The quantitative estimate of drug-likeness (QED) is 0.649. The van der Waals surface area contributed by atoms with E-state index in [1.165, 1.54) is 18.4 Å². The van der Waals surface area contributed by atoms with Gasteiger partial charge in [0.25, 0.3) is 0 Å². The Morgan fingerprint density at radius 1 is 1.52 bits per heavy atom. The first-order valence-corrected chi connectivity index (χ1v) is 8.93. The molecule has 0 radical (unpaired) electrons. The zero-order chi connectivity index (χ0) is 14.7. The van der Waals surface area contributed by atoms with Crippen molar-refractivity contribution in [2.75, 3.05) is 13.1 Å². The van der Waals surface area contributed by atoms with Gasteiger partial charge < -0.3 is 15.4 Å². The fraction of sp³-hybridized carbons (Fsp3) is 0.688. The number of nitrogens with zero attached hydrogens (tertiary/aromatic N) is 1. The topological polar surface area (TPSA) is 45.7 Å². The van der Waals surface area contributed by atoms with E-state index >= 15 is 0 Å². The van der Waals surface area contributed by atoms with Gasteiger partial charge in [0.05, 0.1) is 18.2 Å². The number of thiophene rings is 1. The zero-order valence-corrected chi connectivity index (χ0v) is 13.7. The second-order valence-corrected chi connectivity index (χ2v) is 6.82. The zero-order valence-electron chi connectivity index (χ0n) is 12.8. The summed E-state index contributed by atoms with van der Waals surface area (Å²) < 4.78 is 5.90. The van der Waals surface area contributed by atoms with Gasteiger partial charge in [0.15, 0.2) is 5.96 Å². The van der Waals surface area contributed by atoms with Gasteiger partial charge >= 0.3 is 0 Å². The fourth-order valence-corrected chi connectivity index (χ4v) is 3.96. The molecular formula is C16H25N3OS. The molecule has 0 saturated carbocycles. The molecule has 2 saturated heterocycles. The molecule has 2 aliphatic rings. The molecule has 1 aromatic rings. The lowest BCUT2D eigenvalue weighted by Crippen LogP contribution is -2.47. The Morgan fingerprint density at radius 3 is 3.05 bits per heavy atom. The minimum Gasteiger partial charge on any atom is -0.373 e. The standard InChI is InChI=1S/C16H25N3OS/c1-3-17-16(18-9-11(2)12-6-7-21-10-12)19-14-8-13-4-5-15(14)20-13/h6-7,10-11,13-15H,3-5,8-9H2,1-2H3,(H2,17,18,19). The minimum atomic E-state index is 0.383. The summed E-state index contributed by atoms with van der Waals surface area (Å²) in [5.74, 6) is 1.39. The summed E-state index contributed by atoms with van der Waals surface area (Å²) >= 11 is 1.75. The van der Waals surface area contributed by atoms with Crippen LogP contribution in [0, 0.1) is 0 Å². The molecule has 2 bridgehead atoms. The van der Waals surface area contributed by atoms with Crippen LogP contribution in [-0.2, 0) is 4.74 Å². The molecule has 0 amide bonds. The molecule has 3 rings (SSSR count). The SMILES string of the molecule is CCNC(=NCC(C)c1ccsc1)NC1CC2CCC1O2. The Labute approximate surface area is 131 Å². The summed E-state index contributed by atoms with van der Waals surface area (Å²) in [7, 11) is 0. The number of nitrogens with one attached hydrogen (secondary N) is 2. The number of fused-ring (bicyclic) bond motifs is 2. The lowest BCUT2D eigenvalue weighted by molar-refractivity contribution is 0.0992. The van der Waals surface area contributed by atoms with E-state index < -0.39 is 0 Å². The molecular weight excluding hydrogens is 282 g/mol. The fourth-order valence-electron chi connectivity index (χ4n) is 3.17. The summed E-state index contributed by atoms with van der Waals surface area (Å²) in [6.45, 7) is 6.04. The van der Waals surface area contributed by atoms with Gasteiger partial charge in [-0.1, -0.05) is 6.92 Å². The summed E-state index contributed by atoms with van der Waals surface area (Å²) in [6.07, 6.45) is 4.39. The number of ether oxygens (including phenoxy) is 1. The van der Waals surface area contributed by atoms with E-state index in [2.05, 4.69) is 41.3 Å². The van der Waals surface area contributed by atoms with Crippen molar-refractivity contribution >= 4 is 17.3 Å². The molecule has 116 valence electrons. The van der Waals surface area contributed by atoms with Crippen LogP contribution in [0.1, 0.15) is 44.6 Å². The van der Waals surface area contributed by atoms with E-state index in [0.717, 1.165) is 25.5 Å². The monoisotopic (exact) mass is 307 g/mol. The number of hydrogen-bond donors (Lipinski definition) is 2. The van der Waals surface area contributed by atoms with Crippen molar-refractivity contribution in [1.82, 2.24) is 10.6 Å². The van der Waals surface area contributed by atoms with E-state index in [-0.39, 0.29) is 0 Å². The third-order valence-corrected chi connectivity index (χ3v) is 5.11. The highest BCUT2D eigenvalue weighted by Gasteiger charge is 2.41. The third kappa shape index (κ3) is 3.58. The van der Waals surface area contributed by atoms with Gasteiger partial charge in [-0.3, -0.25) is 4.99 Å². The number of hydrogen-bond acceptors (Lipinski definition) is 3. The lowest BCUT2D eigenvalue weighted by Gasteiger charge is -2.23. The van der Waals surface area contributed by atoms with Crippen molar-refractivity contribution in [1.29, 1.82) is 0 Å². The number of aliphatic imine (C=N–C) groups is 1. The van der Waals surface area contributed by atoms with Crippen molar-refractivity contribution in [2.24, 2.45) is 4.99 Å². The van der Waals surface area contributed by atoms with Crippen LogP contribution in [0.5, 0.6) is 0 Å². The molecule has 21 heavy (non-hydrogen) atoms. The minimum absolute atomic E-state index is 0.383. The van der Waals surface area contributed by atoms with Crippen LogP contribution in [0.4, 0.5) is 0 Å². The van der Waals surface area contributed by atoms with Gasteiger partial charge in [0.1, 0.15) is 0 Å². The largest absolute Gasteiger partial charge is 0.373 e. The van der Waals surface area contributed by atoms with Crippen molar-refractivity contribution in [3.63, 3.8) is 0 Å².